The standard InChI is InChI=1S/C29H39BrNO3/c30-28-27(34-22-29(32,25-12-7-8-13-25)24-10-3-1-4-11-24)23-16-19-31(28,20-17-23)18-9-21-33-26-14-5-2-6-15-26/h1-6,10-11,14-15,23,25,27-28,32H,7-9,12-13,16-22H2/q+1/t23?,27-,28+,29?,31?/m1/s1. The fourth-order valence-corrected chi connectivity index (χ4v) is 7.85. The summed E-state index contributed by atoms with van der Waals surface area (Å²) >= 11 is 4.10. The molecule has 0 amide bonds. The molecule has 1 aliphatic carbocycles. The van der Waals surface area contributed by atoms with Gasteiger partial charge in [0.2, 0.25) is 0 Å². The Kier molecular flexibility index (Phi) is 7.64. The van der Waals surface area contributed by atoms with E-state index in [1.165, 1.54) is 38.8 Å². The largest absolute Gasteiger partial charge is 0.493 e. The number of alkyl halides is 1. The molecule has 3 saturated heterocycles. The predicted octanol–water partition coefficient (Wildman–Crippen LogP) is 5.88. The molecule has 2 aromatic rings. The van der Waals surface area contributed by atoms with E-state index in [2.05, 4.69) is 28.1 Å². The van der Waals surface area contributed by atoms with Gasteiger partial charge in [-0.05, 0) is 52.4 Å². The maximum atomic E-state index is 12.0. The zero-order valence-corrected chi connectivity index (χ0v) is 21.7. The molecule has 2 bridgehead atoms. The lowest BCUT2D eigenvalue weighted by atomic mass is 9.80. The SMILES string of the molecule is OC(CO[C@@H]1C2CC[N+](CCCOc3ccccc3)(CC2)[C@@H]1Br)(c1ccccc1)C1CCCC1. The topological polar surface area (TPSA) is 38.7 Å². The van der Waals surface area contributed by atoms with Crippen LogP contribution in [0.25, 0.3) is 0 Å². The number of piperidine rings is 3. The molecular formula is C29H39BrNO3+. The highest BCUT2D eigenvalue weighted by Gasteiger charge is 2.54. The molecule has 4 nitrogen and oxygen atoms in total. The normalized spacial score (nSPS) is 30.8. The first-order valence-corrected chi connectivity index (χ1v) is 14.1. The van der Waals surface area contributed by atoms with Crippen molar-refractivity contribution >= 4 is 15.9 Å². The van der Waals surface area contributed by atoms with E-state index in [9.17, 15) is 5.11 Å². The highest BCUT2D eigenvalue weighted by Crippen LogP contribution is 2.45. The Bertz CT molecular complexity index is 896. The van der Waals surface area contributed by atoms with Crippen LogP contribution in [0.2, 0.25) is 0 Å². The fraction of sp³-hybridized carbons (Fsp3) is 0.586. The first kappa shape index (κ1) is 24.3. The van der Waals surface area contributed by atoms with E-state index in [-0.39, 0.29) is 17.0 Å². The van der Waals surface area contributed by atoms with Crippen molar-refractivity contribution in [2.24, 2.45) is 11.8 Å². The van der Waals surface area contributed by atoms with E-state index >= 15 is 0 Å². The zero-order chi connectivity index (χ0) is 23.4. The highest BCUT2D eigenvalue weighted by atomic mass is 79.9. The number of nitrogens with zero attached hydrogens (tertiary/aromatic N) is 1. The summed E-state index contributed by atoms with van der Waals surface area (Å²) in [5, 5.41) is 12.0. The van der Waals surface area contributed by atoms with Crippen LogP contribution in [0.5, 0.6) is 5.75 Å². The zero-order valence-electron chi connectivity index (χ0n) is 20.2. The molecule has 184 valence electrons. The van der Waals surface area contributed by atoms with Crippen LogP contribution >= 0.6 is 15.9 Å². The van der Waals surface area contributed by atoms with Gasteiger partial charge in [-0.15, -0.1) is 0 Å². The molecule has 1 unspecified atom stereocenters. The van der Waals surface area contributed by atoms with Crippen molar-refractivity contribution in [2.75, 3.05) is 32.8 Å². The number of benzene rings is 2. The molecule has 4 aliphatic rings. The van der Waals surface area contributed by atoms with Crippen LogP contribution in [-0.4, -0.2) is 53.5 Å². The molecule has 3 aliphatic heterocycles. The second kappa shape index (κ2) is 10.7. The maximum absolute atomic E-state index is 12.0. The van der Waals surface area contributed by atoms with Crippen LogP contribution in [0.15, 0.2) is 60.7 Å². The summed E-state index contributed by atoms with van der Waals surface area (Å²) in [5.41, 5.74) is 0.112. The van der Waals surface area contributed by atoms with E-state index in [0.29, 0.717) is 12.5 Å². The van der Waals surface area contributed by atoms with Gasteiger partial charge in [-0.3, -0.25) is 0 Å². The van der Waals surface area contributed by atoms with Crippen LogP contribution in [0.4, 0.5) is 0 Å². The molecule has 1 saturated carbocycles. The van der Waals surface area contributed by atoms with E-state index in [4.69, 9.17) is 9.47 Å². The van der Waals surface area contributed by atoms with Crippen molar-refractivity contribution in [1.82, 2.24) is 0 Å². The Morgan fingerprint density at radius 1 is 0.912 bits per heavy atom. The monoisotopic (exact) mass is 528 g/mol. The van der Waals surface area contributed by atoms with Crippen molar-refractivity contribution < 1.29 is 19.1 Å². The molecule has 2 aromatic carbocycles. The van der Waals surface area contributed by atoms with Gasteiger partial charge in [-0.25, -0.2) is 0 Å². The Labute approximate surface area is 213 Å². The molecule has 0 spiro atoms. The Hall–Kier alpha value is -1.40. The average Bonchev–Trinajstić information content (AvgIpc) is 3.44. The van der Waals surface area contributed by atoms with Crippen molar-refractivity contribution in [1.29, 1.82) is 0 Å². The summed E-state index contributed by atoms with van der Waals surface area (Å²) in [4.78, 5) is 0.278. The number of quaternary nitrogens is 1. The van der Waals surface area contributed by atoms with E-state index in [0.717, 1.165) is 48.2 Å². The van der Waals surface area contributed by atoms with Crippen LogP contribution < -0.4 is 4.74 Å². The second-order valence-electron chi connectivity index (χ2n) is 10.7. The van der Waals surface area contributed by atoms with E-state index in [1.54, 1.807) is 0 Å². The third kappa shape index (κ3) is 4.95. The average molecular weight is 530 g/mol. The summed E-state index contributed by atoms with van der Waals surface area (Å²) < 4.78 is 13.8. The van der Waals surface area contributed by atoms with Gasteiger partial charge in [0.1, 0.15) is 17.5 Å². The van der Waals surface area contributed by atoms with Gasteiger partial charge in [-0.2, -0.15) is 0 Å². The number of ether oxygens (including phenoxy) is 2. The number of hydrogen-bond acceptors (Lipinski definition) is 3. The van der Waals surface area contributed by atoms with E-state index in [1.807, 2.05) is 48.5 Å². The molecule has 4 fully saturated rings. The minimum Gasteiger partial charge on any atom is -0.493 e. The predicted molar refractivity (Wildman–Crippen MR) is 139 cm³/mol. The summed E-state index contributed by atoms with van der Waals surface area (Å²) in [6.07, 6.45) is 8.18. The van der Waals surface area contributed by atoms with Crippen molar-refractivity contribution in [3.8, 4) is 5.75 Å². The fourth-order valence-electron chi connectivity index (χ4n) is 6.65. The smallest absolute Gasteiger partial charge is 0.171 e. The van der Waals surface area contributed by atoms with E-state index < -0.39 is 5.60 Å². The van der Waals surface area contributed by atoms with Gasteiger partial charge in [-0.1, -0.05) is 61.4 Å². The van der Waals surface area contributed by atoms with Crippen LogP contribution in [-0.2, 0) is 10.3 Å². The highest BCUT2D eigenvalue weighted by molar-refractivity contribution is 9.09. The number of halogens is 1. The van der Waals surface area contributed by atoms with Gasteiger partial charge in [0.05, 0.1) is 32.8 Å². The van der Waals surface area contributed by atoms with Gasteiger partial charge in [0.25, 0.3) is 0 Å². The molecule has 5 heteroatoms. The number of aliphatic hydroxyl groups is 1. The third-order valence-corrected chi connectivity index (χ3v) is 10.1. The molecule has 0 radical (unpaired) electrons. The maximum Gasteiger partial charge on any atom is 0.171 e. The second-order valence-corrected chi connectivity index (χ2v) is 11.6. The third-order valence-electron chi connectivity index (χ3n) is 8.71. The minimum atomic E-state index is -0.898. The van der Waals surface area contributed by atoms with Gasteiger partial charge < -0.3 is 19.1 Å². The van der Waals surface area contributed by atoms with Crippen molar-refractivity contribution in [3.05, 3.63) is 66.2 Å². The molecule has 6 rings (SSSR count). The Balaban J connectivity index is 1.23. The summed E-state index contributed by atoms with van der Waals surface area (Å²) in [5.74, 6) is 1.81. The number of rotatable bonds is 10. The number of fused-ring (bicyclic) bond motifs is 3. The molecule has 0 aromatic heterocycles. The Morgan fingerprint density at radius 2 is 1.56 bits per heavy atom. The lowest BCUT2D eigenvalue weighted by molar-refractivity contribution is -0.955. The van der Waals surface area contributed by atoms with Crippen LogP contribution in [0.1, 0.15) is 50.5 Å². The number of hydrogen-bond donors (Lipinski definition) is 1. The molecular weight excluding hydrogens is 490 g/mol. The van der Waals surface area contributed by atoms with Crippen molar-refractivity contribution in [2.45, 2.75) is 61.6 Å². The summed E-state index contributed by atoms with van der Waals surface area (Å²) in [6, 6.07) is 20.3. The summed E-state index contributed by atoms with van der Waals surface area (Å²) in [6.45, 7) is 4.64. The van der Waals surface area contributed by atoms with Crippen LogP contribution in [0.3, 0.4) is 0 Å². The summed E-state index contributed by atoms with van der Waals surface area (Å²) in [7, 11) is 0. The number of para-hydroxylation sites is 1. The molecule has 1 N–H and O–H groups in total. The quantitative estimate of drug-likeness (QED) is 0.181. The first-order valence-electron chi connectivity index (χ1n) is 13.2. The van der Waals surface area contributed by atoms with Gasteiger partial charge in [0, 0.05) is 25.2 Å². The lowest BCUT2D eigenvalue weighted by Gasteiger charge is -2.56. The Morgan fingerprint density at radius 3 is 2.24 bits per heavy atom. The van der Waals surface area contributed by atoms with Gasteiger partial charge in [0.15, 0.2) is 4.95 Å². The molecule has 3 heterocycles. The van der Waals surface area contributed by atoms with Gasteiger partial charge >= 0.3 is 0 Å². The lowest BCUT2D eigenvalue weighted by Crippen LogP contribution is -2.68. The minimum absolute atomic E-state index is 0.147. The van der Waals surface area contributed by atoms with Crippen molar-refractivity contribution in [3.63, 3.8) is 0 Å². The first-order chi connectivity index (χ1) is 16.6. The van der Waals surface area contributed by atoms with Crippen LogP contribution in [0, 0.1) is 11.8 Å². The molecule has 34 heavy (non-hydrogen) atoms. The molecule has 3 atom stereocenters.